The van der Waals surface area contributed by atoms with Crippen molar-refractivity contribution in [2.24, 2.45) is 0 Å². The zero-order chi connectivity index (χ0) is 35.5. The van der Waals surface area contributed by atoms with Crippen LogP contribution >= 0.6 is 0 Å². The van der Waals surface area contributed by atoms with Gasteiger partial charge in [-0.1, -0.05) is 0 Å². The normalized spacial score (nSPS) is 40.4. The lowest BCUT2D eigenvalue weighted by atomic mass is 9.97. The summed E-state index contributed by atoms with van der Waals surface area (Å²) in [7, 11) is 0. The van der Waals surface area contributed by atoms with Crippen LogP contribution in [-0.2, 0) is 38.0 Å². The van der Waals surface area contributed by atoms with Gasteiger partial charge in [-0.25, -0.2) is 4.39 Å². The molecule has 0 radical (unpaired) electrons. The molecule has 48 heavy (non-hydrogen) atoms. The maximum Gasteiger partial charge on any atom is 0.219 e. The van der Waals surface area contributed by atoms with Crippen molar-refractivity contribution in [1.82, 2.24) is 5.32 Å². The number of aliphatic hydroxyl groups is 9. The number of rotatable bonds is 18. The monoisotopic (exact) mass is 703 g/mol. The van der Waals surface area contributed by atoms with Crippen LogP contribution in [0.5, 0.6) is 0 Å². The zero-order valence-corrected chi connectivity index (χ0v) is 26.6. The zero-order valence-electron chi connectivity index (χ0n) is 26.6. The Labute approximate surface area is 276 Å². The molecule has 0 saturated carbocycles. The molecule has 0 aromatic rings. The summed E-state index contributed by atoms with van der Waals surface area (Å²) in [5, 5.41) is 93.6. The molecule has 0 aliphatic carbocycles. The molecule has 3 rings (SSSR count). The van der Waals surface area contributed by atoms with Gasteiger partial charge in [-0.15, -0.1) is 0 Å². The Kier molecular flexibility index (Phi) is 16.8. The van der Waals surface area contributed by atoms with Crippen molar-refractivity contribution in [2.75, 3.05) is 33.0 Å². The third kappa shape index (κ3) is 10.7. The number of unbranched alkanes of at least 4 members (excludes halogenated alkanes) is 1. The minimum absolute atomic E-state index is 0.0852. The molecule has 1 amide bonds. The number of alkyl halides is 1. The molecule has 0 spiro atoms. The summed E-state index contributed by atoms with van der Waals surface area (Å²) in [6.07, 6.45) is -24.4. The van der Waals surface area contributed by atoms with Crippen LogP contribution in [0.25, 0.3) is 0 Å². The topological polar surface area (TPSA) is 284 Å². The van der Waals surface area contributed by atoms with Crippen molar-refractivity contribution in [1.29, 1.82) is 0 Å². The van der Waals surface area contributed by atoms with Crippen LogP contribution in [0.2, 0.25) is 0 Å². The maximum atomic E-state index is 15.8. The average molecular weight is 704 g/mol. The van der Waals surface area contributed by atoms with Crippen LogP contribution in [0.4, 0.5) is 4.39 Å². The van der Waals surface area contributed by atoms with E-state index in [-0.39, 0.29) is 37.6 Å². The summed E-state index contributed by atoms with van der Waals surface area (Å²) >= 11 is 0. The third-order valence-corrected chi connectivity index (χ3v) is 8.38. The summed E-state index contributed by atoms with van der Waals surface area (Å²) in [6, 6.07) is 0. The Morgan fingerprint density at radius 2 is 1.21 bits per heavy atom. The Morgan fingerprint density at radius 3 is 1.81 bits per heavy atom. The Balaban J connectivity index is 1.63. The first kappa shape index (κ1) is 40.9. The minimum atomic E-state index is -2.26. The van der Waals surface area contributed by atoms with Gasteiger partial charge in [0.25, 0.3) is 0 Å². The van der Waals surface area contributed by atoms with E-state index in [4.69, 9.17) is 28.4 Å². The standard InChI is InChI=1S/C29H50FNO17/c1-2-31-17(35)8-4-3-6-13(34)7-5-9-43-27-18(30)26(48-29-25(42)23(40)20(37)15(11-33)46-29)21(38)16(47-27)12-44-28-24(41)22(39)19(36)14(10-32)45-28/h14-16,18-29,32-33,36-42H,2-12H2,1H3,(H,31,35)/t14-,15-,16-,18-,19-,20-,21-,22+,23+,24+,25+,26-,27-,28+,29-/m1/s1. The van der Waals surface area contributed by atoms with Crippen LogP contribution in [-0.4, -0.2) is 183 Å². The molecule has 19 heteroatoms. The first-order chi connectivity index (χ1) is 22.8. The van der Waals surface area contributed by atoms with E-state index < -0.39 is 112 Å². The van der Waals surface area contributed by atoms with Gasteiger partial charge in [-0.05, 0) is 26.2 Å². The van der Waals surface area contributed by atoms with Crippen molar-refractivity contribution in [3.05, 3.63) is 0 Å². The van der Waals surface area contributed by atoms with E-state index in [0.717, 1.165) is 0 Å². The van der Waals surface area contributed by atoms with Gasteiger partial charge < -0.3 is 79.7 Å². The van der Waals surface area contributed by atoms with Crippen molar-refractivity contribution in [3.63, 3.8) is 0 Å². The highest BCUT2D eigenvalue weighted by Gasteiger charge is 2.52. The first-order valence-electron chi connectivity index (χ1n) is 16.1. The Hall–Kier alpha value is -1.53. The largest absolute Gasteiger partial charge is 0.394 e. The van der Waals surface area contributed by atoms with Gasteiger partial charge in [0.2, 0.25) is 5.91 Å². The molecule has 15 atom stereocenters. The molecule has 0 bridgehead atoms. The minimum Gasteiger partial charge on any atom is -0.394 e. The number of halogens is 1. The van der Waals surface area contributed by atoms with Crippen molar-refractivity contribution in [2.45, 2.75) is 138 Å². The number of hydrogen-bond donors (Lipinski definition) is 10. The van der Waals surface area contributed by atoms with Crippen LogP contribution in [0.1, 0.15) is 45.4 Å². The summed E-state index contributed by atoms with van der Waals surface area (Å²) in [5.74, 6) is -0.191. The van der Waals surface area contributed by atoms with E-state index in [9.17, 15) is 55.5 Å². The second kappa shape index (κ2) is 19.8. The molecule has 3 fully saturated rings. The molecule has 0 unspecified atom stereocenters. The first-order valence-corrected chi connectivity index (χ1v) is 16.1. The molecule has 18 nitrogen and oxygen atoms in total. The number of ketones is 1. The molecule has 3 aliphatic rings. The fraction of sp³-hybridized carbons (Fsp3) is 0.931. The molecule has 3 aliphatic heterocycles. The van der Waals surface area contributed by atoms with Crippen molar-refractivity contribution in [3.8, 4) is 0 Å². The van der Waals surface area contributed by atoms with Gasteiger partial charge >= 0.3 is 0 Å². The summed E-state index contributed by atoms with van der Waals surface area (Å²) < 4.78 is 48.5. The highest BCUT2D eigenvalue weighted by atomic mass is 19.1. The lowest BCUT2D eigenvalue weighted by Crippen LogP contribution is -2.64. The summed E-state index contributed by atoms with van der Waals surface area (Å²) in [4.78, 5) is 23.8. The van der Waals surface area contributed by atoms with Crippen LogP contribution in [0.3, 0.4) is 0 Å². The average Bonchev–Trinajstić information content (AvgIpc) is 3.07. The lowest BCUT2D eigenvalue weighted by Gasteiger charge is -2.46. The number of hydrogen-bond acceptors (Lipinski definition) is 17. The van der Waals surface area contributed by atoms with Gasteiger partial charge in [0.05, 0.1) is 26.4 Å². The summed E-state index contributed by atoms with van der Waals surface area (Å²) in [5.41, 5.74) is 0. The van der Waals surface area contributed by atoms with Gasteiger partial charge in [0.1, 0.15) is 72.9 Å². The molecule has 3 saturated heterocycles. The Bertz CT molecular complexity index is 980. The van der Waals surface area contributed by atoms with Gasteiger partial charge in [0.15, 0.2) is 25.0 Å². The van der Waals surface area contributed by atoms with Crippen molar-refractivity contribution < 1.29 is 88.4 Å². The SMILES string of the molecule is CCNC(=O)CCCCC(=O)CCCO[C@@H]1O[C@H](CO[C@H]2O[C@H](CO)[C@@H](O)[C@H](O)[C@@H]2O)[C@@H](O)[C@H](O[C@H]2O[C@H](CO)[C@@H](O)[C@H](O)[C@@H]2O)[C@H]1F. The van der Waals surface area contributed by atoms with E-state index in [0.29, 0.717) is 25.8 Å². The van der Waals surface area contributed by atoms with Crippen LogP contribution in [0.15, 0.2) is 0 Å². The smallest absolute Gasteiger partial charge is 0.219 e. The van der Waals surface area contributed by atoms with E-state index in [1.165, 1.54) is 0 Å². The predicted octanol–water partition coefficient (Wildman–Crippen LogP) is -4.53. The summed E-state index contributed by atoms with van der Waals surface area (Å²) in [6.45, 7) is -0.0397. The van der Waals surface area contributed by atoms with E-state index in [1.54, 1.807) is 6.92 Å². The fourth-order valence-corrected chi connectivity index (χ4v) is 5.52. The number of amides is 1. The van der Waals surface area contributed by atoms with Gasteiger partial charge in [-0.3, -0.25) is 9.59 Å². The second-order valence-corrected chi connectivity index (χ2v) is 12.0. The van der Waals surface area contributed by atoms with Gasteiger partial charge in [-0.2, -0.15) is 0 Å². The number of aliphatic hydroxyl groups excluding tert-OH is 9. The number of ether oxygens (including phenoxy) is 6. The molecule has 3 heterocycles. The van der Waals surface area contributed by atoms with E-state index in [1.807, 2.05) is 0 Å². The molecule has 10 N–H and O–H groups in total. The van der Waals surface area contributed by atoms with E-state index >= 15 is 4.39 Å². The van der Waals surface area contributed by atoms with Gasteiger partial charge in [0, 0.05) is 25.8 Å². The molecule has 280 valence electrons. The lowest BCUT2D eigenvalue weighted by molar-refractivity contribution is -0.359. The molecule has 0 aromatic carbocycles. The van der Waals surface area contributed by atoms with Crippen LogP contribution < -0.4 is 5.32 Å². The second-order valence-electron chi connectivity index (χ2n) is 12.0. The quantitative estimate of drug-likeness (QED) is 0.0602. The number of Topliss-reactive ketones (excluding diaryl/α,β-unsaturated/α-hetero) is 1. The highest BCUT2D eigenvalue weighted by Crippen LogP contribution is 2.32. The maximum absolute atomic E-state index is 15.8. The highest BCUT2D eigenvalue weighted by molar-refractivity contribution is 5.78. The predicted molar refractivity (Wildman–Crippen MR) is 155 cm³/mol. The Morgan fingerprint density at radius 1 is 0.667 bits per heavy atom. The molecule has 0 aromatic heterocycles. The number of nitrogens with one attached hydrogen (secondary N) is 1. The fourth-order valence-electron chi connectivity index (χ4n) is 5.52. The van der Waals surface area contributed by atoms with E-state index in [2.05, 4.69) is 5.32 Å². The third-order valence-electron chi connectivity index (χ3n) is 8.38. The number of carbonyl (C=O) groups excluding carboxylic acids is 2. The number of carbonyl (C=O) groups is 2. The molecular weight excluding hydrogens is 653 g/mol. The van der Waals surface area contributed by atoms with Crippen LogP contribution in [0, 0.1) is 0 Å². The van der Waals surface area contributed by atoms with Crippen molar-refractivity contribution >= 4 is 11.7 Å². The molecular formula is C29H50FNO17.